The first kappa shape index (κ1) is 8.77. The van der Waals surface area contributed by atoms with E-state index in [9.17, 15) is 0 Å². The Balaban J connectivity index is 2.52. The summed E-state index contributed by atoms with van der Waals surface area (Å²) >= 11 is 5.06. The van der Waals surface area contributed by atoms with Crippen molar-refractivity contribution < 1.29 is 0 Å². The summed E-state index contributed by atoms with van der Waals surface area (Å²) in [5, 5.41) is 8.92. The molecule has 0 aliphatic rings. The van der Waals surface area contributed by atoms with Gasteiger partial charge in [-0.15, -0.1) is 11.3 Å². The van der Waals surface area contributed by atoms with Gasteiger partial charge in [-0.2, -0.15) is 5.10 Å². The Morgan fingerprint density at radius 3 is 2.85 bits per heavy atom. The van der Waals surface area contributed by atoms with Crippen LogP contribution in [0.15, 0.2) is 15.2 Å². The summed E-state index contributed by atoms with van der Waals surface area (Å²) in [5.41, 5.74) is 8.76. The number of thiophene rings is 1. The fourth-order valence-corrected chi connectivity index (χ4v) is 2.28. The van der Waals surface area contributed by atoms with Gasteiger partial charge in [-0.25, -0.2) is 0 Å². The topological polar surface area (TPSA) is 54.7 Å². The van der Waals surface area contributed by atoms with Crippen LogP contribution < -0.4 is 5.73 Å². The quantitative estimate of drug-likeness (QED) is 0.826. The highest BCUT2D eigenvalue weighted by atomic mass is 79.9. The first-order valence-electron chi connectivity index (χ1n) is 3.73. The van der Waals surface area contributed by atoms with Crippen LogP contribution in [-0.2, 0) is 0 Å². The van der Waals surface area contributed by atoms with Crippen LogP contribution in [-0.4, -0.2) is 10.2 Å². The van der Waals surface area contributed by atoms with Crippen LogP contribution in [0, 0.1) is 6.92 Å². The van der Waals surface area contributed by atoms with E-state index in [1.54, 1.807) is 11.3 Å². The van der Waals surface area contributed by atoms with E-state index in [0.717, 1.165) is 20.6 Å². The normalized spacial score (nSPS) is 10.6. The second-order valence-corrected chi connectivity index (χ2v) is 5.04. The van der Waals surface area contributed by atoms with Gasteiger partial charge in [0.15, 0.2) is 0 Å². The second kappa shape index (κ2) is 3.16. The van der Waals surface area contributed by atoms with Gasteiger partial charge in [0, 0.05) is 16.5 Å². The molecule has 0 atom stereocenters. The summed E-state index contributed by atoms with van der Waals surface area (Å²) in [6.07, 6.45) is 0. The fraction of sp³-hybridized carbons (Fsp3) is 0.125. The van der Waals surface area contributed by atoms with Crippen LogP contribution >= 0.6 is 27.3 Å². The van der Waals surface area contributed by atoms with Crippen LogP contribution in [0.1, 0.15) is 5.56 Å². The molecule has 0 aliphatic heterocycles. The molecule has 0 saturated heterocycles. The predicted molar refractivity (Wildman–Crippen MR) is 58.8 cm³/mol. The lowest BCUT2D eigenvalue weighted by Gasteiger charge is -1.93. The zero-order valence-corrected chi connectivity index (χ0v) is 9.37. The summed E-state index contributed by atoms with van der Waals surface area (Å²) in [5.74, 6) is 0.567. The lowest BCUT2D eigenvalue weighted by molar-refractivity contribution is 1.10. The first-order valence-corrected chi connectivity index (χ1v) is 5.40. The number of anilines is 1. The molecule has 3 N–H and O–H groups in total. The van der Waals surface area contributed by atoms with Crippen molar-refractivity contribution in [2.75, 3.05) is 5.73 Å². The largest absolute Gasteiger partial charge is 0.382 e. The summed E-state index contributed by atoms with van der Waals surface area (Å²) in [4.78, 5) is 0. The molecule has 0 fully saturated rings. The molecule has 2 aromatic heterocycles. The summed E-state index contributed by atoms with van der Waals surface area (Å²) in [6.45, 7) is 1.96. The van der Waals surface area contributed by atoms with Gasteiger partial charge in [-0.1, -0.05) is 0 Å². The van der Waals surface area contributed by atoms with E-state index >= 15 is 0 Å². The third-order valence-electron chi connectivity index (χ3n) is 1.90. The summed E-state index contributed by atoms with van der Waals surface area (Å²) in [6, 6.07) is 2.05. The molecule has 2 rings (SSSR count). The zero-order valence-electron chi connectivity index (χ0n) is 6.97. The maximum atomic E-state index is 5.63. The van der Waals surface area contributed by atoms with E-state index < -0.39 is 0 Å². The third-order valence-corrected chi connectivity index (χ3v) is 3.41. The Morgan fingerprint density at radius 2 is 2.38 bits per heavy atom. The molecule has 0 aromatic carbocycles. The Hall–Kier alpha value is -0.810. The average molecular weight is 258 g/mol. The Labute approximate surface area is 88.1 Å². The third kappa shape index (κ3) is 1.49. The first-order chi connectivity index (χ1) is 6.18. The number of aromatic nitrogens is 2. The van der Waals surface area contributed by atoms with Crippen molar-refractivity contribution in [2.24, 2.45) is 0 Å². The molecule has 5 heteroatoms. The number of nitrogen functional groups attached to an aromatic ring is 1. The van der Waals surface area contributed by atoms with Gasteiger partial charge >= 0.3 is 0 Å². The number of aromatic amines is 1. The van der Waals surface area contributed by atoms with E-state index in [1.807, 2.05) is 13.0 Å². The van der Waals surface area contributed by atoms with Crippen LogP contribution in [0.4, 0.5) is 5.82 Å². The molecule has 68 valence electrons. The maximum Gasteiger partial charge on any atom is 0.148 e. The number of nitrogens with zero attached hydrogens (tertiary/aromatic N) is 1. The van der Waals surface area contributed by atoms with Crippen molar-refractivity contribution in [3.63, 3.8) is 0 Å². The Bertz CT molecular complexity index is 432. The number of H-pyrrole nitrogens is 1. The smallest absolute Gasteiger partial charge is 0.148 e. The molecule has 3 nitrogen and oxygen atoms in total. The van der Waals surface area contributed by atoms with Crippen molar-refractivity contribution in [2.45, 2.75) is 6.92 Å². The second-order valence-electron chi connectivity index (χ2n) is 2.75. The highest BCUT2D eigenvalue weighted by molar-refractivity contribution is 9.11. The van der Waals surface area contributed by atoms with Crippen molar-refractivity contribution in [1.29, 1.82) is 0 Å². The van der Waals surface area contributed by atoms with E-state index in [2.05, 4.69) is 31.5 Å². The summed E-state index contributed by atoms with van der Waals surface area (Å²) < 4.78 is 1.11. The SMILES string of the molecule is Cc1c(N)n[nH]c1-c1csc(Br)c1. The van der Waals surface area contributed by atoms with Crippen molar-refractivity contribution in [3.8, 4) is 11.3 Å². The van der Waals surface area contributed by atoms with Crippen LogP contribution in [0.25, 0.3) is 11.3 Å². The lowest BCUT2D eigenvalue weighted by Crippen LogP contribution is -1.85. The van der Waals surface area contributed by atoms with Gasteiger partial charge < -0.3 is 5.73 Å². The molecule has 2 aromatic rings. The molecule has 13 heavy (non-hydrogen) atoms. The number of rotatable bonds is 1. The number of nitrogens with one attached hydrogen (secondary N) is 1. The van der Waals surface area contributed by atoms with E-state index in [1.165, 1.54) is 0 Å². The number of nitrogens with two attached hydrogens (primary N) is 1. The zero-order chi connectivity index (χ0) is 9.42. The Kier molecular flexibility index (Phi) is 2.13. The van der Waals surface area contributed by atoms with Crippen LogP contribution in [0.5, 0.6) is 0 Å². The molecule has 0 spiro atoms. The number of hydrogen-bond acceptors (Lipinski definition) is 3. The van der Waals surface area contributed by atoms with Crippen molar-refractivity contribution >= 4 is 33.1 Å². The number of halogens is 1. The average Bonchev–Trinajstić information content (AvgIpc) is 2.62. The molecule has 0 unspecified atom stereocenters. The molecule has 0 saturated carbocycles. The number of hydrogen-bond donors (Lipinski definition) is 2. The van der Waals surface area contributed by atoms with Crippen LogP contribution in [0.3, 0.4) is 0 Å². The van der Waals surface area contributed by atoms with Gasteiger partial charge in [0.1, 0.15) is 5.82 Å². The maximum absolute atomic E-state index is 5.63. The van der Waals surface area contributed by atoms with Gasteiger partial charge in [0.05, 0.1) is 9.48 Å². The molecule has 0 bridgehead atoms. The standard InChI is InChI=1S/C8H8BrN3S/c1-4-7(11-12-8(4)10)5-2-6(9)13-3-5/h2-3H,1H3,(H3,10,11,12). The molecular formula is C8H8BrN3S. The van der Waals surface area contributed by atoms with E-state index in [4.69, 9.17) is 5.73 Å². The monoisotopic (exact) mass is 257 g/mol. The minimum absolute atomic E-state index is 0.567. The van der Waals surface area contributed by atoms with Gasteiger partial charge in [-0.05, 0) is 28.9 Å². The van der Waals surface area contributed by atoms with Crippen molar-refractivity contribution in [3.05, 3.63) is 20.8 Å². The molecule has 2 heterocycles. The highest BCUT2D eigenvalue weighted by Gasteiger charge is 2.09. The minimum Gasteiger partial charge on any atom is -0.382 e. The van der Waals surface area contributed by atoms with E-state index in [0.29, 0.717) is 5.82 Å². The fourth-order valence-electron chi connectivity index (χ4n) is 1.13. The lowest BCUT2D eigenvalue weighted by atomic mass is 10.1. The molecule has 0 radical (unpaired) electrons. The molecule has 0 aliphatic carbocycles. The Morgan fingerprint density at radius 1 is 1.62 bits per heavy atom. The predicted octanol–water partition coefficient (Wildman–Crippen LogP) is 2.79. The van der Waals surface area contributed by atoms with E-state index in [-0.39, 0.29) is 0 Å². The van der Waals surface area contributed by atoms with Crippen LogP contribution in [0.2, 0.25) is 0 Å². The van der Waals surface area contributed by atoms with Gasteiger partial charge in [-0.3, -0.25) is 5.10 Å². The summed E-state index contributed by atoms with van der Waals surface area (Å²) in [7, 11) is 0. The molecular weight excluding hydrogens is 250 g/mol. The minimum atomic E-state index is 0.567. The van der Waals surface area contributed by atoms with Crippen molar-refractivity contribution in [1.82, 2.24) is 10.2 Å². The van der Waals surface area contributed by atoms with Gasteiger partial charge in [0.2, 0.25) is 0 Å². The highest BCUT2D eigenvalue weighted by Crippen LogP contribution is 2.30. The molecule has 0 amide bonds. The van der Waals surface area contributed by atoms with Gasteiger partial charge in [0.25, 0.3) is 0 Å².